The second-order valence-electron chi connectivity index (χ2n) is 7.47. The van der Waals surface area contributed by atoms with Gasteiger partial charge in [0.25, 0.3) is 5.91 Å². The molecule has 0 saturated carbocycles. The van der Waals surface area contributed by atoms with Crippen LogP contribution in [0.2, 0.25) is 0 Å². The second-order valence-corrected chi connectivity index (χ2v) is 7.47. The van der Waals surface area contributed by atoms with Crippen LogP contribution in [0.3, 0.4) is 0 Å². The van der Waals surface area contributed by atoms with Crippen LogP contribution in [-0.4, -0.2) is 44.5 Å². The first-order valence-corrected chi connectivity index (χ1v) is 9.82. The minimum Gasteiger partial charge on any atom is -0.334 e. The number of nitrogens with zero attached hydrogens (tertiary/aromatic N) is 4. The average molecular weight is 402 g/mol. The van der Waals surface area contributed by atoms with Crippen molar-refractivity contribution in [3.63, 3.8) is 0 Å². The molecule has 1 saturated heterocycles. The quantitative estimate of drug-likeness (QED) is 0.613. The smallest absolute Gasteiger partial charge is 0.254 e. The van der Waals surface area contributed by atoms with Gasteiger partial charge in [-0.3, -0.25) is 19.3 Å². The summed E-state index contributed by atoms with van der Waals surface area (Å²) in [6.45, 7) is 2.47. The summed E-state index contributed by atoms with van der Waals surface area (Å²) in [7, 11) is 1.71. The minimum atomic E-state index is -0.149. The second kappa shape index (κ2) is 8.02. The maximum Gasteiger partial charge on any atom is 0.254 e. The summed E-state index contributed by atoms with van der Waals surface area (Å²) < 4.78 is 0. The number of benzene rings is 2. The van der Waals surface area contributed by atoms with E-state index in [0.717, 1.165) is 22.2 Å². The van der Waals surface area contributed by atoms with Crippen molar-refractivity contribution in [2.45, 2.75) is 32.9 Å². The van der Waals surface area contributed by atoms with Gasteiger partial charge in [0.2, 0.25) is 11.8 Å². The molecule has 0 N–H and O–H groups in total. The number of rotatable bonds is 5. The molecule has 0 aliphatic carbocycles. The van der Waals surface area contributed by atoms with E-state index < -0.39 is 0 Å². The Labute approximate surface area is 174 Å². The lowest BCUT2D eigenvalue weighted by atomic mass is 10.1. The summed E-state index contributed by atoms with van der Waals surface area (Å²) >= 11 is 0. The summed E-state index contributed by atoms with van der Waals surface area (Å²) in [5, 5.41) is 1.00. The van der Waals surface area contributed by atoms with Gasteiger partial charge in [-0.05, 0) is 30.7 Å². The standard InChI is InChI=1S/C23H22N4O3/c1-15-18-5-3-4-6-19(18)25-20(24-15)14-26(2)23(30)17-9-7-16(8-10-17)13-27-21(28)11-12-22(27)29/h3-10H,11-14H2,1-2H3. The van der Waals surface area contributed by atoms with E-state index in [1.165, 1.54) is 4.90 Å². The average Bonchev–Trinajstić information content (AvgIpc) is 3.06. The molecule has 30 heavy (non-hydrogen) atoms. The SMILES string of the molecule is Cc1nc(CN(C)C(=O)c2ccc(CN3C(=O)CCC3=O)cc2)nc2ccccc12. The molecule has 1 aromatic heterocycles. The lowest BCUT2D eigenvalue weighted by Crippen LogP contribution is -2.28. The number of likely N-dealkylation sites (tertiary alicyclic amines) is 1. The molecule has 1 aliphatic heterocycles. The van der Waals surface area contributed by atoms with Crippen LogP contribution in [0.25, 0.3) is 10.9 Å². The Morgan fingerprint density at radius 3 is 2.37 bits per heavy atom. The van der Waals surface area contributed by atoms with E-state index in [0.29, 0.717) is 17.9 Å². The van der Waals surface area contributed by atoms with Crippen molar-refractivity contribution in [3.05, 3.63) is 71.2 Å². The van der Waals surface area contributed by atoms with E-state index in [4.69, 9.17) is 0 Å². The van der Waals surface area contributed by atoms with Crippen LogP contribution < -0.4 is 0 Å². The number of fused-ring (bicyclic) bond motifs is 1. The van der Waals surface area contributed by atoms with Crippen LogP contribution in [0.15, 0.2) is 48.5 Å². The Balaban J connectivity index is 1.45. The van der Waals surface area contributed by atoms with Gasteiger partial charge in [0, 0.05) is 36.5 Å². The molecule has 152 valence electrons. The van der Waals surface area contributed by atoms with Gasteiger partial charge in [0.15, 0.2) is 0 Å². The van der Waals surface area contributed by atoms with Crippen molar-refractivity contribution in [1.82, 2.24) is 19.8 Å². The van der Waals surface area contributed by atoms with Crippen LogP contribution in [0.5, 0.6) is 0 Å². The van der Waals surface area contributed by atoms with E-state index >= 15 is 0 Å². The fourth-order valence-corrected chi connectivity index (χ4v) is 3.60. The number of hydrogen-bond donors (Lipinski definition) is 0. The lowest BCUT2D eigenvalue weighted by molar-refractivity contribution is -0.139. The molecule has 0 spiro atoms. The monoisotopic (exact) mass is 402 g/mol. The number of para-hydroxylation sites is 1. The molecule has 1 fully saturated rings. The molecule has 0 bridgehead atoms. The number of carbonyl (C=O) groups is 3. The van der Waals surface area contributed by atoms with Crippen molar-refractivity contribution < 1.29 is 14.4 Å². The molecular formula is C23H22N4O3. The highest BCUT2D eigenvalue weighted by Crippen LogP contribution is 2.18. The lowest BCUT2D eigenvalue weighted by Gasteiger charge is -2.18. The van der Waals surface area contributed by atoms with Crippen molar-refractivity contribution in [2.24, 2.45) is 0 Å². The van der Waals surface area contributed by atoms with Crippen LogP contribution in [0, 0.1) is 6.92 Å². The Morgan fingerprint density at radius 2 is 1.67 bits per heavy atom. The maximum atomic E-state index is 12.8. The number of hydrogen-bond acceptors (Lipinski definition) is 5. The molecule has 0 atom stereocenters. The molecule has 2 aromatic carbocycles. The third-order valence-corrected chi connectivity index (χ3v) is 5.26. The zero-order chi connectivity index (χ0) is 21.3. The Bertz CT molecular complexity index is 1120. The van der Waals surface area contributed by atoms with Crippen molar-refractivity contribution in [2.75, 3.05) is 7.05 Å². The summed E-state index contributed by atoms with van der Waals surface area (Å²) in [4.78, 5) is 48.3. The van der Waals surface area contributed by atoms with Gasteiger partial charge >= 0.3 is 0 Å². The largest absolute Gasteiger partial charge is 0.334 e. The predicted molar refractivity (Wildman–Crippen MR) is 111 cm³/mol. The molecule has 3 amide bonds. The predicted octanol–water partition coefficient (Wildman–Crippen LogP) is 2.86. The van der Waals surface area contributed by atoms with E-state index in [-0.39, 0.29) is 37.1 Å². The first kappa shape index (κ1) is 19.7. The molecule has 3 aromatic rings. The topological polar surface area (TPSA) is 83.5 Å². The highest BCUT2D eigenvalue weighted by atomic mass is 16.2. The van der Waals surface area contributed by atoms with Crippen molar-refractivity contribution in [3.8, 4) is 0 Å². The molecule has 7 nitrogen and oxygen atoms in total. The Kier molecular flexibility index (Phi) is 5.27. The van der Waals surface area contributed by atoms with Gasteiger partial charge in [-0.15, -0.1) is 0 Å². The molecule has 2 heterocycles. The number of aromatic nitrogens is 2. The van der Waals surface area contributed by atoms with Crippen molar-refractivity contribution >= 4 is 28.6 Å². The third-order valence-electron chi connectivity index (χ3n) is 5.26. The van der Waals surface area contributed by atoms with Gasteiger partial charge in [-0.1, -0.05) is 30.3 Å². The van der Waals surface area contributed by atoms with Gasteiger partial charge in [-0.25, -0.2) is 9.97 Å². The van der Waals surface area contributed by atoms with E-state index in [1.807, 2.05) is 31.2 Å². The fourth-order valence-electron chi connectivity index (χ4n) is 3.60. The normalized spacial score (nSPS) is 13.9. The van der Waals surface area contributed by atoms with Gasteiger partial charge in [0.1, 0.15) is 5.82 Å². The fraction of sp³-hybridized carbons (Fsp3) is 0.261. The Hall–Kier alpha value is -3.61. The highest BCUT2D eigenvalue weighted by molar-refractivity contribution is 6.01. The van der Waals surface area contributed by atoms with Crippen LogP contribution in [-0.2, 0) is 22.7 Å². The van der Waals surface area contributed by atoms with Crippen molar-refractivity contribution in [1.29, 1.82) is 0 Å². The molecular weight excluding hydrogens is 380 g/mol. The van der Waals surface area contributed by atoms with E-state index in [2.05, 4.69) is 9.97 Å². The molecule has 0 unspecified atom stereocenters. The van der Waals surface area contributed by atoms with Gasteiger partial charge < -0.3 is 4.90 Å². The molecule has 1 aliphatic rings. The molecule has 7 heteroatoms. The molecule has 0 radical (unpaired) electrons. The van der Waals surface area contributed by atoms with E-state index in [9.17, 15) is 14.4 Å². The van der Waals surface area contributed by atoms with Gasteiger partial charge in [0.05, 0.1) is 18.6 Å². The maximum absolute atomic E-state index is 12.8. The number of imide groups is 1. The van der Waals surface area contributed by atoms with Crippen LogP contribution in [0.4, 0.5) is 0 Å². The minimum absolute atomic E-state index is 0.148. The van der Waals surface area contributed by atoms with Gasteiger partial charge in [-0.2, -0.15) is 0 Å². The summed E-state index contributed by atoms with van der Waals surface area (Å²) in [5.41, 5.74) is 3.08. The molecule has 4 rings (SSSR count). The van der Waals surface area contributed by atoms with Crippen LogP contribution >= 0.6 is 0 Å². The Morgan fingerprint density at radius 1 is 1.00 bits per heavy atom. The zero-order valence-corrected chi connectivity index (χ0v) is 17.0. The van der Waals surface area contributed by atoms with Crippen LogP contribution in [0.1, 0.15) is 40.3 Å². The third kappa shape index (κ3) is 3.91. The first-order valence-electron chi connectivity index (χ1n) is 9.82. The number of aryl methyl sites for hydroxylation is 1. The first-order chi connectivity index (χ1) is 14.4. The number of carbonyl (C=O) groups excluding carboxylic acids is 3. The number of amides is 3. The highest BCUT2D eigenvalue weighted by Gasteiger charge is 2.28. The van der Waals surface area contributed by atoms with E-state index in [1.54, 1.807) is 36.2 Å². The summed E-state index contributed by atoms with van der Waals surface area (Å²) in [5.74, 6) is 0.144. The summed E-state index contributed by atoms with van der Waals surface area (Å²) in [6, 6.07) is 14.8. The summed E-state index contributed by atoms with van der Waals surface area (Å²) in [6.07, 6.45) is 0.549. The zero-order valence-electron chi connectivity index (χ0n) is 17.0.